The van der Waals surface area contributed by atoms with Crippen molar-refractivity contribution >= 4 is 0 Å². The van der Waals surface area contributed by atoms with Gasteiger partial charge in [-0.15, -0.1) is 42.0 Å². The number of allylic oxidation sites excluding steroid dienone is 8. The maximum absolute atomic E-state index is 15.5. The van der Waals surface area contributed by atoms with Crippen LogP contribution in [-0.4, -0.2) is 0 Å². The first-order valence-electron chi connectivity index (χ1n) is 15.0. The smallest absolute Gasteiger partial charge is 0.300 e. The predicted molar refractivity (Wildman–Crippen MR) is 171 cm³/mol. The molecule has 0 atom stereocenters. The first-order chi connectivity index (χ1) is 22.5. The van der Waals surface area contributed by atoms with Crippen LogP contribution < -0.4 is 9.13 Å². The van der Waals surface area contributed by atoms with Gasteiger partial charge in [-0.1, -0.05) is 89.6 Å². The van der Waals surface area contributed by atoms with Crippen molar-refractivity contribution in [3.05, 3.63) is 193 Å². The minimum Gasteiger partial charge on any atom is -0.300 e. The minimum absolute atomic E-state index is 0. The maximum Gasteiger partial charge on any atom is 2.00 e. The molecule has 2 nitrogen and oxygen atoms in total. The molecule has 8 rings (SSSR count). The average molecular weight is 661 g/mol. The largest absolute Gasteiger partial charge is 2.00 e. The van der Waals surface area contributed by atoms with Gasteiger partial charge in [-0.05, 0) is 29.2 Å². The van der Waals surface area contributed by atoms with Crippen LogP contribution in [0.2, 0.25) is 0 Å². The van der Waals surface area contributed by atoms with Gasteiger partial charge in [0.25, 0.3) is 0 Å². The maximum atomic E-state index is 15.5. The molecule has 6 aromatic rings. The van der Waals surface area contributed by atoms with Crippen molar-refractivity contribution in [3.8, 4) is 33.6 Å². The van der Waals surface area contributed by atoms with Crippen molar-refractivity contribution in [1.29, 1.82) is 0 Å². The fraction of sp³-hybridized carbons (Fsp3) is 0.0500. The van der Waals surface area contributed by atoms with E-state index < -0.39 is 23.3 Å². The van der Waals surface area contributed by atoms with Crippen molar-refractivity contribution in [2.75, 3.05) is 0 Å². The SMILES string of the molecule is Fc1ccc(-[n+]2ccc[cH-]2)c(F)c1-[c-]1ccc(C2C=CC=C2)c1C1C=CC=C1.Fc1ccc(-[n+]2ccc[cH-]2)c(F)c1-[c-]1cccc1.[Ti+2]. The van der Waals surface area contributed by atoms with E-state index in [2.05, 4.69) is 24.3 Å². The summed E-state index contributed by atoms with van der Waals surface area (Å²) in [5, 5.41) is 0. The van der Waals surface area contributed by atoms with E-state index >= 15 is 4.39 Å². The van der Waals surface area contributed by atoms with Crippen molar-refractivity contribution < 1.29 is 48.4 Å². The number of halogens is 4. The van der Waals surface area contributed by atoms with Crippen LogP contribution in [-0.2, 0) is 21.7 Å². The molecule has 0 saturated heterocycles. The molecule has 0 spiro atoms. The summed E-state index contributed by atoms with van der Waals surface area (Å²) in [4.78, 5) is 0. The van der Waals surface area contributed by atoms with Crippen LogP contribution in [0.15, 0.2) is 158 Å². The predicted octanol–water partition coefficient (Wildman–Crippen LogP) is 9.11. The number of hydrogen-bond acceptors (Lipinski definition) is 0. The molecular weight excluding hydrogens is 632 g/mol. The van der Waals surface area contributed by atoms with Gasteiger partial charge in [0.1, 0.15) is 11.4 Å². The molecule has 2 aliphatic carbocycles. The number of benzene rings is 2. The molecule has 2 aromatic heterocycles. The number of aromatic nitrogens is 2. The van der Waals surface area contributed by atoms with E-state index in [4.69, 9.17) is 0 Å². The standard InChI is InChI=1S/C25H18F2N.C15H10F2N.Ti/c26-21-13-14-22(28-15-5-6-16-28)25(27)24(21)20-12-11-19(17-7-1-2-8-17)23(20)18-9-3-4-10-18;16-12-7-8-13(18-9-3-4-10-18)15(17)14(12)11-5-1-2-6-11;/h1-18H;1-10H;/q2*-1;+2. The quantitative estimate of drug-likeness (QED) is 0.0729. The Labute approximate surface area is 285 Å². The Hall–Kier alpha value is -4.91. The van der Waals surface area contributed by atoms with Crippen LogP contribution in [0.5, 0.6) is 0 Å². The van der Waals surface area contributed by atoms with Crippen LogP contribution >= 0.6 is 0 Å². The van der Waals surface area contributed by atoms with Crippen LogP contribution in [0.4, 0.5) is 17.6 Å². The summed E-state index contributed by atoms with van der Waals surface area (Å²) in [6.07, 6.45) is 23.3. The van der Waals surface area contributed by atoms with E-state index in [0.717, 1.165) is 11.1 Å². The number of nitrogens with zero attached hydrogens (tertiary/aromatic N) is 2. The molecule has 230 valence electrons. The molecule has 0 fully saturated rings. The van der Waals surface area contributed by atoms with Crippen LogP contribution in [0.25, 0.3) is 33.6 Å². The second-order valence-corrected chi connectivity index (χ2v) is 11.1. The van der Waals surface area contributed by atoms with Crippen molar-refractivity contribution in [1.82, 2.24) is 0 Å². The van der Waals surface area contributed by atoms with Crippen molar-refractivity contribution in [2.45, 2.75) is 11.8 Å². The molecule has 2 aliphatic rings. The van der Waals surface area contributed by atoms with Crippen LogP contribution in [0.1, 0.15) is 23.0 Å². The molecule has 47 heavy (non-hydrogen) atoms. The van der Waals surface area contributed by atoms with Crippen LogP contribution in [0, 0.1) is 23.3 Å². The van der Waals surface area contributed by atoms with Gasteiger partial charge in [0.05, 0.1) is 48.1 Å². The summed E-state index contributed by atoms with van der Waals surface area (Å²) >= 11 is 0. The molecule has 0 amide bonds. The zero-order valence-corrected chi connectivity index (χ0v) is 26.6. The fourth-order valence-corrected chi connectivity index (χ4v) is 6.18. The second kappa shape index (κ2) is 13.8. The molecule has 0 unspecified atom stereocenters. The Morgan fingerprint density at radius 3 is 1.62 bits per heavy atom. The minimum atomic E-state index is -0.547. The van der Waals surface area contributed by atoms with Gasteiger partial charge >= 0.3 is 21.7 Å². The molecular formula is C40H28F4N2Ti. The summed E-state index contributed by atoms with van der Waals surface area (Å²) in [6.45, 7) is 0. The molecule has 0 bridgehead atoms. The van der Waals surface area contributed by atoms with Crippen LogP contribution in [0.3, 0.4) is 0 Å². The first kappa shape index (κ1) is 32.1. The third-order valence-electron chi connectivity index (χ3n) is 8.35. The zero-order valence-electron chi connectivity index (χ0n) is 25.1. The second-order valence-electron chi connectivity index (χ2n) is 11.1. The van der Waals surface area contributed by atoms with Gasteiger partial charge in [0, 0.05) is 5.92 Å². The van der Waals surface area contributed by atoms with Crippen molar-refractivity contribution in [3.63, 3.8) is 0 Å². The summed E-state index contributed by atoms with van der Waals surface area (Å²) in [5.41, 5.74) is 3.97. The first-order valence-corrected chi connectivity index (χ1v) is 15.0. The molecule has 0 N–H and O–H groups in total. The summed E-state index contributed by atoms with van der Waals surface area (Å²) in [5.74, 6) is -2.04. The Balaban J connectivity index is 0.000000176. The molecule has 4 aromatic carbocycles. The van der Waals surface area contributed by atoms with E-state index in [1.54, 1.807) is 70.3 Å². The average Bonchev–Trinajstić information content (AvgIpc) is 3.90. The Bertz CT molecular complexity index is 2070. The van der Waals surface area contributed by atoms with Gasteiger partial charge in [0.2, 0.25) is 0 Å². The molecule has 0 aliphatic heterocycles. The normalized spacial score (nSPS) is 13.7. The molecule has 2 heterocycles. The number of rotatable bonds is 6. The molecule has 0 radical (unpaired) electrons. The fourth-order valence-electron chi connectivity index (χ4n) is 6.18. The third kappa shape index (κ3) is 6.15. The Morgan fingerprint density at radius 1 is 0.574 bits per heavy atom. The van der Waals surface area contributed by atoms with E-state index in [9.17, 15) is 13.2 Å². The van der Waals surface area contributed by atoms with Gasteiger partial charge in [-0.25, -0.2) is 0 Å². The summed E-state index contributed by atoms with van der Waals surface area (Å²) in [6, 6.07) is 23.6. The van der Waals surface area contributed by atoms with E-state index in [1.165, 1.54) is 24.3 Å². The van der Waals surface area contributed by atoms with Gasteiger partial charge < -0.3 is 9.13 Å². The van der Waals surface area contributed by atoms with E-state index in [0.29, 0.717) is 22.5 Å². The van der Waals surface area contributed by atoms with Crippen molar-refractivity contribution in [2.24, 2.45) is 0 Å². The Morgan fingerprint density at radius 2 is 1.09 bits per heavy atom. The molecule has 7 heteroatoms. The monoisotopic (exact) mass is 660 g/mol. The van der Waals surface area contributed by atoms with Gasteiger partial charge in [-0.2, -0.15) is 12.1 Å². The van der Waals surface area contributed by atoms with Gasteiger partial charge in [-0.3, -0.25) is 17.6 Å². The topological polar surface area (TPSA) is 7.76 Å². The van der Waals surface area contributed by atoms with E-state index in [-0.39, 0.29) is 44.7 Å². The summed E-state index contributed by atoms with van der Waals surface area (Å²) in [7, 11) is 0. The third-order valence-corrected chi connectivity index (χ3v) is 8.35. The molecule has 0 saturated carbocycles. The van der Waals surface area contributed by atoms with Gasteiger partial charge in [0.15, 0.2) is 0 Å². The zero-order chi connectivity index (χ0) is 31.6. The summed E-state index contributed by atoms with van der Waals surface area (Å²) < 4.78 is 61.9. The van der Waals surface area contributed by atoms with E-state index in [1.807, 2.05) is 48.6 Å². The number of hydrogen-bond donors (Lipinski definition) is 0. The Kier molecular flexibility index (Phi) is 9.44.